The van der Waals surface area contributed by atoms with Gasteiger partial charge in [-0.15, -0.1) is 0 Å². The van der Waals surface area contributed by atoms with Crippen molar-refractivity contribution in [3.05, 3.63) is 41.7 Å². The fraction of sp³-hybridized carbons (Fsp3) is 0.471. The minimum Gasteiger partial charge on any atom is -0.493 e. The van der Waals surface area contributed by atoms with E-state index in [-0.39, 0.29) is 6.04 Å². The molecule has 2 aromatic rings. The maximum absolute atomic E-state index is 5.54. The minimum absolute atomic E-state index is 0.240. The molecular weight excluding hydrogens is 262 g/mol. The molecule has 0 spiro atoms. The summed E-state index contributed by atoms with van der Waals surface area (Å²) in [6, 6.07) is 8.79. The predicted octanol–water partition coefficient (Wildman–Crippen LogP) is 3.65. The first-order valence-electron chi connectivity index (χ1n) is 7.68. The number of aromatic nitrogens is 2. The third-order valence-electron chi connectivity index (χ3n) is 4.23. The molecule has 0 saturated heterocycles. The van der Waals surface area contributed by atoms with E-state index < -0.39 is 0 Å². The number of rotatable bonds is 4. The number of hydrogen-bond acceptors (Lipinski definition) is 3. The lowest BCUT2D eigenvalue weighted by molar-refractivity contribution is 0.382. The van der Waals surface area contributed by atoms with Crippen molar-refractivity contribution in [2.45, 2.75) is 39.3 Å². The summed E-state index contributed by atoms with van der Waals surface area (Å²) in [5.74, 6) is 1.38. The van der Waals surface area contributed by atoms with Crippen LogP contribution in [0.1, 0.15) is 37.6 Å². The van der Waals surface area contributed by atoms with Gasteiger partial charge in [-0.25, -0.2) is 0 Å². The van der Waals surface area contributed by atoms with Crippen LogP contribution in [0.15, 0.2) is 30.5 Å². The average Bonchev–Trinajstić information content (AvgIpc) is 2.89. The zero-order chi connectivity index (χ0) is 14.8. The Morgan fingerprint density at radius 1 is 1.38 bits per heavy atom. The number of nitrogens with zero attached hydrogens (tertiary/aromatic N) is 2. The van der Waals surface area contributed by atoms with Crippen molar-refractivity contribution >= 4 is 5.69 Å². The van der Waals surface area contributed by atoms with Gasteiger partial charge in [-0.05, 0) is 30.4 Å². The van der Waals surface area contributed by atoms with Gasteiger partial charge in [0.1, 0.15) is 5.69 Å². The molecule has 2 atom stereocenters. The first kappa shape index (κ1) is 14.0. The van der Waals surface area contributed by atoms with Crippen LogP contribution in [0, 0.1) is 5.92 Å². The molecule has 1 aliphatic rings. The summed E-state index contributed by atoms with van der Waals surface area (Å²) in [4.78, 5) is 0. The number of aryl methyl sites for hydroxylation is 1. The summed E-state index contributed by atoms with van der Waals surface area (Å²) in [5, 5.41) is 8.18. The van der Waals surface area contributed by atoms with Crippen LogP contribution in [-0.4, -0.2) is 16.9 Å². The van der Waals surface area contributed by atoms with Gasteiger partial charge >= 0.3 is 0 Å². The molecular formula is C17H23N3O. The van der Waals surface area contributed by atoms with Gasteiger partial charge in [0, 0.05) is 12.2 Å². The topological polar surface area (TPSA) is 39.1 Å². The molecule has 2 unspecified atom stereocenters. The smallest absolute Gasteiger partial charge is 0.162 e. The monoisotopic (exact) mass is 285 g/mol. The molecule has 4 nitrogen and oxygen atoms in total. The van der Waals surface area contributed by atoms with E-state index in [0.29, 0.717) is 5.92 Å². The Balaban J connectivity index is 1.99. The van der Waals surface area contributed by atoms with Gasteiger partial charge in [0.2, 0.25) is 0 Å². The van der Waals surface area contributed by atoms with Crippen LogP contribution >= 0.6 is 0 Å². The molecule has 21 heavy (non-hydrogen) atoms. The minimum atomic E-state index is 0.240. The lowest BCUT2D eigenvalue weighted by Gasteiger charge is -2.33. The summed E-state index contributed by atoms with van der Waals surface area (Å²) >= 11 is 0. The maximum atomic E-state index is 5.54. The fourth-order valence-corrected chi connectivity index (χ4v) is 3.19. The summed E-state index contributed by atoms with van der Waals surface area (Å²) in [7, 11) is 1.72. The highest BCUT2D eigenvalue weighted by molar-refractivity contribution is 5.55. The highest BCUT2D eigenvalue weighted by Crippen LogP contribution is 2.39. The number of nitrogens with one attached hydrogen (secondary N) is 1. The predicted molar refractivity (Wildman–Crippen MR) is 84.7 cm³/mol. The molecule has 4 heteroatoms. The first-order valence-corrected chi connectivity index (χ1v) is 7.68. The lowest BCUT2D eigenvalue weighted by atomic mass is 9.86. The Bertz CT molecular complexity index is 620. The number of hydrogen-bond donors (Lipinski definition) is 1. The normalized spacial score (nSPS) is 20.7. The van der Waals surface area contributed by atoms with E-state index in [2.05, 4.69) is 53.2 Å². The summed E-state index contributed by atoms with van der Waals surface area (Å²) in [6.07, 6.45) is 3.98. The van der Waals surface area contributed by atoms with E-state index in [1.807, 2.05) is 6.20 Å². The number of fused-ring (bicyclic) bond motifs is 1. The second-order valence-corrected chi connectivity index (χ2v) is 5.78. The summed E-state index contributed by atoms with van der Waals surface area (Å²) in [5.41, 5.74) is 3.79. The standard InChI is InChI=1S/C17H23N3O/c1-4-9-20-17(15(21-3)11-18-20)16-12(2)10-13-7-5-6-8-14(13)19-16/h5-8,11-12,16,19H,4,9-10H2,1-3H3. The Kier molecular flexibility index (Phi) is 3.86. The van der Waals surface area contributed by atoms with E-state index in [1.165, 1.54) is 16.9 Å². The second-order valence-electron chi connectivity index (χ2n) is 5.78. The molecule has 1 N–H and O–H groups in total. The van der Waals surface area contributed by atoms with Crippen molar-refractivity contribution in [1.29, 1.82) is 0 Å². The van der Waals surface area contributed by atoms with Crippen LogP contribution < -0.4 is 10.1 Å². The Labute approximate surface area is 126 Å². The second kappa shape index (κ2) is 5.80. The van der Waals surface area contributed by atoms with Gasteiger partial charge in [0.25, 0.3) is 0 Å². The number of anilines is 1. The molecule has 0 fully saturated rings. The van der Waals surface area contributed by atoms with Crippen molar-refractivity contribution < 1.29 is 4.74 Å². The van der Waals surface area contributed by atoms with E-state index >= 15 is 0 Å². The molecule has 0 radical (unpaired) electrons. The van der Waals surface area contributed by atoms with E-state index in [9.17, 15) is 0 Å². The van der Waals surface area contributed by atoms with Crippen molar-refractivity contribution in [1.82, 2.24) is 9.78 Å². The lowest BCUT2D eigenvalue weighted by Crippen LogP contribution is -2.28. The van der Waals surface area contributed by atoms with Gasteiger partial charge in [0.05, 0.1) is 19.3 Å². The quantitative estimate of drug-likeness (QED) is 0.932. The van der Waals surface area contributed by atoms with Crippen LogP contribution in [0.4, 0.5) is 5.69 Å². The number of benzene rings is 1. The molecule has 1 aromatic carbocycles. The third-order valence-corrected chi connectivity index (χ3v) is 4.23. The highest BCUT2D eigenvalue weighted by Gasteiger charge is 2.31. The van der Waals surface area contributed by atoms with E-state index in [4.69, 9.17) is 4.74 Å². The van der Waals surface area contributed by atoms with Crippen molar-refractivity contribution in [2.75, 3.05) is 12.4 Å². The molecule has 3 rings (SSSR count). The third kappa shape index (κ3) is 2.50. The van der Waals surface area contributed by atoms with Crippen molar-refractivity contribution in [2.24, 2.45) is 5.92 Å². The van der Waals surface area contributed by atoms with Crippen molar-refractivity contribution in [3.63, 3.8) is 0 Å². The van der Waals surface area contributed by atoms with E-state index in [0.717, 1.165) is 25.1 Å². The van der Waals surface area contributed by atoms with Gasteiger partial charge in [-0.1, -0.05) is 32.0 Å². The van der Waals surface area contributed by atoms with Gasteiger partial charge in [-0.3, -0.25) is 4.68 Å². The Hall–Kier alpha value is -1.97. The SMILES string of the molecule is CCCn1ncc(OC)c1C1Nc2ccccc2CC1C. The Morgan fingerprint density at radius 3 is 2.95 bits per heavy atom. The summed E-state index contributed by atoms with van der Waals surface area (Å²) < 4.78 is 7.62. The summed E-state index contributed by atoms with van der Waals surface area (Å²) in [6.45, 7) is 5.38. The number of ether oxygens (including phenoxy) is 1. The van der Waals surface area contributed by atoms with Crippen LogP contribution in [-0.2, 0) is 13.0 Å². The van der Waals surface area contributed by atoms with Gasteiger partial charge in [-0.2, -0.15) is 5.10 Å². The molecule has 0 amide bonds. The van der Waals surface area contributed by atoms with Gasteiger partial charge < -0.3 is 10.1 Å². The van der Waals surface area contributed by atoms with Crippen LogP contribution in [0.3, 0.4) is 0 Å². The largest absolute Gasteiger partial charge is 0.493 e. The van der Waals surface area contributed by atoms with Gasteiger partial charge in [0.15, 0.2) is 5.75 Å². The average molecular weight is 285 g/mol. The number of methoxy groups -OCH3 is 1. The maximum Gasteiger partial charge on any atom is 0.162 e. The fourth-order valence-electron chi connectivity index (χ4n) is 3.19. The molecule has 112 valence electrons. The van der Waals surface area contributed by atoms with Crippen LogP contribution in [0.5, 0.6) is 5.75 Å². The molecule has 1 aliphatic heterocycles. The Morgan fingerprint density at radius 2 is 2.19 bits per heavy atom. The molecule has 0 bridgehead atoms. The molecule has 0 saturated carbocycles. The van der Waals surface area contributed by atoms with Crippen molar-refractivity contribution in [3.8, 4) is 5.75 Å². The molecule has 2 heterocycles. The molecule has 1 aromatic heterocycles. The van der Waals surface area contributed by atoms with Crippen LogP contribution in [0.25, 0.3) is 0 Å². The highest BCUT2D eigenvalue weighted by atomic mass is 16.5. The van der Waals surface area contributed by atoms with Crippen LogP contribution in [0.2, 0.25) is 0 Å². The number of para-hydroxylation sites is 1. The zero-order valence-corrected chi connectivity index (χ0v) is 13.0. The molecule has 0 aliphatic carbocycles. The zero-order valence-electron chi connectivity index (χ0n) is 13.0. The van der Waals surface area contributed by atoms with E-state index in [1.54, 1.807) is 7.11 Å². The first-order chi connectivity index (χ1) is 10.2.